The van der Waals surface area contributed by atoms with Crippen molar-refractivity contribution in [3.05, 3.63) is 29.6 Å². The van der Waals surface area contributed by atoms with Crippen molar-refractivity contribution >= 4 is 0 Å². The molecular formula is C13H21N. The van der Waals surface area contributed by atoms with Gasteiger partial charge in [0, 0.05) is 11.9 Å². The summed E-state index contributed by atoms with van der Waals surface area (Å²) in [5.41, 5.74) is 2.61. The van der Waals surface area contributed by atoms with Crippen LogP contribution in [0.5, 0.6) is 0 Å². The molecule has 1 aromatic heterocycles. The molecule has 0 aromatic carbocycles. The van der Waals surface area contributed by atoms with Gasteiger partial charge in [0.2, 0.25) is 0 Å². The Morgan fingerprint density at radius 1 is 1.21 bits per heavy atom. The van der Waals surface area contributed by atoms with Crippen molar-refractivity contribution < 1.29 is 0 Å². The minimum atomic E-state index is 0.742. The number of pyridine rings is 1. The molecule has 0 atom stereocenters. The maximum atomic E-state index is 4.24. The van der Waals surface area contributed by atoms with Gasteiger partial charge in [0.1, 0.15) is 0 Å². The van der Waals surface area contributed by atoms with E-state index in [1.54, 1.807) is 0 Å². The van der Waals surface area contributed by atoms with Crippen LogP contribution in [-0.2, 0) is 0 Å². The Bertz CT molecular complexity index is 262. The first kappa shape index (κ1) is 11.2. The highest BCUT2D eigenvalue weighted by Crippen LogP contribution is 2.26. The van der Waals surface area contributed by atoms with Crippen LogP contribution in [0.2, 0.25) is 0 Å². The molecule has 0 saturated heterocycles. The highest BCUT2D eigenvalue weighted by molar-refractivity contribution is 5.19. The minimum absolute atomic E-state index is 0.742. The fourth-order valence-electron chi connectivity index (χ4n) is 2.00. The maximum Gasteiger partial charge on any atom is 0.0375 e. The van der Waals surface area contributed by atoms with Crippen LogP contribution in [0, 0.1) is 6.92 Å². The highest BCUT2D eigenvalue weighted by atomic mass is 14.6. The molecule has 1 heterocycles. The van der Waals surface area contributed by atoms with Crippen LogP contribution in [0.3, 0.4) is 0 Å². The summed E-state index contributed by atoms with van der Waals surface area (Å²) >= 11 is 0. The zero-order chi connectivity index (χ0) is 10.4. The molecule has 1 nitrogen and oxygen atoms in total. The number of aromatic nitrogens is 1. The number of nitrogens with zero attached hydrogens (tertiary/aromatic N) is 1. The van der Waals surface area contributed by atoms with Gasteiger partial charge in [-0.2, -0.15) is 0 Å². The average Bonchev–Trinajstić information content (AvgIpc) is 2.17. The Labute approximate surface area is 87.6 Å². The van der Waals surface area contributed by atoms with Gasteiger partial charge >= 0.3 is 0 Å². The van der Waals surface area contributed by atoms with Gasteiger partial charge in [-0.1, -0.05) is 26.7 Å². The van der Waals surface area contributed by atoms with Crippen molar-refractivity contribution in [2.75, 3.05) is 0 Å². The third kappa shape index (κ3) is 3.13. The zero-order valence-electron chi connectivity index (χ0n) is 9.59. The molecular weight excluding hydrogens is 170 g/mol. The Balaban J connectivity index is 2.75. The molecule has 0 unspecified atom stereocenters. The van der Waals surface area contributed by atoms with Crippen LogP contribution in [0.4, 0.5) is 0 Å². The molecule has 0 spiro atoms. The maximum absolute atomic E-state index is 4.24. The topological polar surface area (TPSA) is 12.9 Å². The number of aryl methyl sites for hydroxylation is 1. The summed E-state index contributed by atoms with van der Waals surface area (Å²) in [6, 6.07) is 4.40. The van der Waals surface area contributed by atoms with Crippen LogP contribution in [-0.4, -0.2) is 4.98 Å². The number of rotatable bonds is 5. The van der Waals surface area contributed by atoms with E-state index in [0.717, 1.165) is 11.6 Å². The van der Waals surface area contributed by atoms with Crippen LogP contribution in [0.15, 0.2) is 18.3 Å². The Morgan fingerprint density at radius 3 is 2.36 bits per heavy atom. The van der Waals surface area contributed by atoms with Gasteiger partial charge < -0.3 is 0 Å². The summed E-state index contributed by atoms with van der Waals surface area (Å²) in [5.74, 6) is 0.742. The smallest absolute Gasteiger partial charge is 0.0375 e. The van der Waals surface area contributed by atoms with E-state index in [4.69, 9.17) is 0 Å². The number of hydrogen-bond acceptors (Lipinski definition) is 1. The molecule has 14 heavy (non-hydrogen) atoms. The molecule has 0 amide bonds. The molecule has 78 valence electrons. The average molecular weight is 191 g/mol. The molecule has 0 aliphatic heterocycles. The van der Waals surface area contributed by atoms with E-state index >= 15 is 0 Å². The van der Waals surface area contributed by atoms with Crippen molar-refractivity contribution in [2.45, 2.75) is 52.4 Å². The van der Waals surface area contributed by atoms with Gasteiger partial charge in [-0.3, -0.25) is 4.98 Å². The van der Waals surface area contributed by atoms with Crippen molar-refractivity contribution in [3.8, 4) is 0 Å². The number of hydrogen-bond donors (Lipinski definition) is 0. The molecule has 0 bridgehead atoms. The third-order valence-corrected chi connectivity index (χ3v) is 2.67. The third-order valence-electron chi connectivity index (χ3n) is 2.67. The van der Waals surface area contributed by atoms with Crippen molar-refractivity contribution in [2.24, 2.45) is 0 Å². The first-order chi connectivity index (χ1) is 6.77. The second kappa shape index (κ2) is 5.79. The van der Waals surface area contributed by atoms with Crippen LogP contribution in [0.25, 0.3) is 0 Å². The van der Waals surface area contributed by atoms with Crippen molar-refractivity contribution in [3.63, 3.8) is 0 Å². The van der Waals surface area contributed by atoms with E-state index in [2.05, 4.69) is 37.9 Å². The van der Waals surface area contributed by atoms with Crippen LogP contribution < -0.4 is 0 Å². The predicted molar refractivity (Wildman–Crippen MR) is 61.5 cm³/mol. The normalized spacial score (nSPS) is 10.9. The summed E-state index contributed by atoms with van der Waals surface area (Å²) in [4.78, 5) is 4.24. The molecule has 0 saturated carbocycles. The van der Waals surface area contributed by atoms with E-state index in [9.17, 15) is 0 Å². The van der Waals surface area contributed by atoms with Crippen LogP contribution >= 0.6 is 0 Å². The minimum Gasteiger partial charge on any atom is -0.262 e. The molecule has 0 fully saturated rings. The highest BCUT2D eigenvalue weighted by Gasteiger charge is 2.09. The summed E-state index contributed by atoms with van der Waals surface area (Å²) < 4.78 is 0. The lowest BCUT2D eigenvalue weighted by molar-refractivity contribution is 0.560. The second-order valence-corrected chi connectivity index (χ2v) is 4.00. The van der Waals surface area contributed by atoms with E-state index in [-0.39, 0.29) is 0 Å². The Hall–Kier alpha value is -0.850. The van der Waals surface area contributed by atoms with E-state index < -0.39 is 0 Å². The molecule has 1 heteroatoms. The Morgan fingerprint density at radius 2 is 1.86 bits per heavy atom. The predicted octanol–water partition coefficient (Wildman–Crippen LogP) is 4.07. The first-order valence-electron chi connectivity index (χ1n) is 5.70. The second-order valence-electron chi connectivity index (χ2n) is 4.00. The Kier molecular flexibility index (Phi) is 4.64. The van der Waals surface area contributed by atoms with Gasteiger partial charge in [0.05, 0.1) is 0 Å². The lowest BCUT2D eigenvalue weighted by Crippen LogP contribution is -1.99. The van der Waals surface area contributed by atoms with Gasteiger partial charge in [-0.15, -0.1) is 0 Å². The van der Waals surface area contributed by atoms with Gasteiger partial charge in [0.15, 0.2) is 0 Å². The quantitative estimate of drug-likeness (QED) is 0.683. The largest absolute Gasteiger partial charge is 0.262 e. The summed E-state index contributed by atoms with van der Waals surface area (Å²) in [5, 5.41) is 0. The molecule has 0 aliphatic rings. The molecule has 1 aromatic rings. The van der Waals surface area contributed by atoms with Gasteiger partial charge in [-0.05, 0) is 43.4 Å². The molecule has 0 aliphatic carbocycles. The summed E-state index contributed by atoms with van der Waals surface area (Å²) in [7, 11) is 0. The monoisotopic (exact) mass is 191 g/mol. The lowest BCUT2D eigenvalue weighted by Gasteiger charge is -2.15. The SMILES string of the molecule is CCCC(CCC)c1ccnc(C)c1. The summed E-state index contributed by atoms with van der Waals surface area (Å²) in [6.07, 6.45) is 7.08. The molecule has 1 rings (SSSR count). The van der Waals surface area contributed by atoms with E-state index in [1.165, 1.54) is 31.2 Å². The zero-order valence-corrected chi connectivity index (χ0v) is 9.59. The summed E-state index contributed by atoms with van der Waals surface area (Å²) in [6.45, 7) is 6.59. The molecule has 0 radical (unpaired) electrons. The van der Waals surface area contributed by atoms with E-state index in [0.29, 0.717) is 0 Å². The lowest BCUT2D eigenvalue weighted by atomic mass is 9.91. The van der Waals surface area contributed by atoms with Gasteiger partial charge in [-0.25, -0.2) is 0 Å². The fraction of sp³-hybridized carbons (Fsp3) is 0.615. The van der Waals surface area contributed by atoms with Crippen LogP contribution in [0.1, 0.15) is 56.7 Å². The van der Waals surface area contributed by atoms with E-state index in [1.807, 2.05) is 6.20 Å². The first-order valence-corrected chi connectivity index (χ1v) is 5.70. The standard InChI is InChI=1S/C13H21N/c1-4-6-12(7-5-2)13-8-9-14-11(3)10-13/h8-10,12H,4-7H2,1-3H3. The van der Waals surface area contributed by atoms with Gasteiger partial charge in [0.25, 0.3) is 0 Å². The fourth-order valence-corrected chi connectivity index (χ4v) is 2.00. The van der Waals surface area contributed by atoms with Crippen molar-refractivity contribution in [1.82, 2.24) is 4.98 Å². The van der Waals surface area contributed by atoms with Crippen molar-refractivity contribution in [1.29, 1.82) is 0 Å². The molecule has 0 N–H and O–H groups in total.